The van der Waals surface area contributed by atoms with Crippen molar-refractivity contribution in [3.8, 4) is 5.75 Å². The van der Waals surface area contributed by atoms with Crippen molar-refractivity contribution in [3.05, 3.63) is 28.7 Å². The first-order chi connectivity index (χ1) is 9.33. The molecule has 0 amide bonds. The highest BCUT2D eigenvalue weighted by molar-refractivity contribution is 9.10. The summed E-state index contributed by atoms with van der Waals surface area (Å²) in [5.74, 6) is 0.848. The Morgan fingerprint density at radius 1 is 0.947 bits per heavy atom. The van der Waals surface area contributed by atoms with Gasteiger partial charge in [-0.1, -0.05) is 22.0 Å². The molecule has 0 aromatic heterocycles. The van der Waals surface area contributed by atoms with Gasteiger partial charge < -0.3 is 18.9 Å². The molecule has 0 aliphatic heterocycles. The van der Waals surface area contributed by atoms with Crippen LogP contribution in [-0.2, 0) is 14.2 Å². The molecule has 0 saturated carbocycles. The van der Waals surface area contributed by atoms with E-state index < -0.39 is 0 Å². The molecule has 0 N–H and O–H groups in total. The van der Waals surface area contributed by atoms with Crippen LogP contribution in [0.15, 0.2) is 28.7 Å². The normalized spacial score (nSPS) is 10.6. The number of hydrogen-bond acceptors (Lipinski definition) is 4. The summed E-state index contributed by atoms with van der Waals surface area (Å²) in [5.41, 5.74) is 0. The second-order valence-corrected chi connectivity index (χ2v) is 4.79. The van der Waals surface area contributed by atoms with Gasteiger partial charge in [0.2, 0.25) is 0 Å². The first kappa shape index (κ1) is 16.4. The third-order valence-electron chi connectivity index (χ3n) is 2.30. The van der Waals surface area contributed by atoms with Crippen molar-refractivity contribution in [3.63, 3.8) is 0 Å². The van der Waals surface area contributed by atoms with E-state index in [1.165, 1.54) is 0 Å². The molecular weight excluding hydrogens is 312 g/mol. The van der Waals surface area contributed by atoms with Gasteiger partial charge in [0.15, 0.2) is 0 Å². The van der Waals surface area contributed by atoms with Crippen LogP contribution in [0.25, 0.3) is 0 Å². The van der Waals surface area contributed by atoms with E-state index in [1.807, 2.05) is 24.3 Å². The van der Waals surface area contributed by atoms with Gasteiger partial charge in [-0.3, -0.25) is 0 Å². The molecule has 0 saturated heterocycles. The quantitative estimate of drug-likeness (QED) is 0.584. The van der Waals surface area contributed by atoms with Crippen LogP contribution in [0, 0.1) is 0 Å². The first-order valence-corrected chi connectivity index (χ1v) is 7.15. The molecule has 0 aliphatic rings. The molecule has 1 aromatic rings. The summed E-state index contributed by atoms with van der Waals surface area (Å²) >= 11 is 3.40. The predicted molar refractivity (Wildman–Crippen MR) is 77.8 cm³/mol. The highest BCUT2D eigenvalue weighted by Gasteiger charge is 1.95. The van der Waals surface area contributed by atoms with Crippen LogP contribution in [0.2, 0.25) is 0 Å². The molecule has 0 unspecified atom stereocenters. The summed E-state index contributed by atoms with van der Waals surface area (Å²) in [6.45, 7) is 3.82. The molecule has 1 aromatic carbocycles. The fourth-order valence-corrected chi connectivity index (χ4v) is 1.76. The van der Waals surface area contributed by atoms with Gasteiger partial charge in [0.05, 0.1) is 19.8 Å². The molecule has 0 radical (unpaired) electrons. The Bertz CT molecular complexity index is 333. The highest BCUT2D eigenvalue weighted by atomic mass is 79.9. The van der Waals surface area contributed by atoms with Crippen LogP contribution >= 0.6 is 15.9 Å². The summed E-state index contributed by atoms with van der Waals surface area (Å²) in [6.07, 6.45) is 0.889. The molecule has 0 bridgehead atoms. The third-order valence-corrected chi connectivity index (χ3v) is 2.79. The summed E-state index contributed by atoms with van der Waals surface area (Å²) in [7, 11) is 1.66. The van der Waals surface area contributed by atoms with Crippen molar-refractivity contribution in [2.75, 3.05) is 46.8 Å². The molecule has 108 valence electrons. The number of hydrogen-bond donors (Lipinski definition) is 0. The SMILES string of the molecule is COCCOCCCOCCOc1cccc(Br)c1. The van der Waals surface area contributed by atoms with Crippen LogP contribution in [0.1, 0.15) is 6.42 Å². The maximum absolute atomic E-state index is 5.54. The minimum absolute atomic E-state index is 0.557. The van der Waals surface area contributed by atoms with Gasteiger partial charge in [0.1, 0.15) is 12.4 Å². The molecule has 5 heteroatoms. The lowest BCUT2D eigenvalue weighted by atomic mass is 10.3. The molecule has 0 spiro atoms. The van der Waals surface area contributed by atoms with E-state index in [0.717, 1.165) is 16.6 Å². The molecule has 0 aliphatic carbocycles. The van der Waals surface area contributed by atoms with E-state index >= 15 is 0 Å². The predicted octanol–water partition coefficient (Wildman–Crippen LogP) is 2.90. The first-order valence-electron chi connectivity index (χ1n) is 6.35. The average Bonchev–Trinajstić information content (AvgIpc) is 2.41. The number of methoxy groups -OCH3 is 1. The van der Waals surface area contributed by atoms with E-state index in [-0.39, 0.29) is 0 Å². The van der Waals surface area contributed by atoms with Crippen LogP contribution in [0.4, 0.5) is 0 Å². The molecule has 0 fully saturated rings. The van der Waals surface area contributed by atoms with Crippen molar-refractivity contribution in [2.24, 2.45) is 0 Å². The van der Waals surface area contributed by atoms with Crippen molar-refractivity contribution in [1.29, 1.82) is 0 Å². The van der Waals surface area contributed by atoms with Crippen molar-refractivity contribution >= 4 is 15.9 Å². The van der Waals surface area contributed by atoms with Crippen LogP contribution in [0.3, 0.4) is 0 Å². The molecular formula is C14H21BrO4. The number of rotatable bonds is 11. The van der Waals surface area contributed by atoms with Crippen LogP contribution < -0.4 is 4.74 Å². The largest absolute Gasteiger partial charge is 0.491 e. The van der Waals surface area contributed by atoms with Gasteiger partial charge in [-0.15, -0.1) is 0 Å². The number of halogens is 1. The van der Waals surface area contributed by atoms with Crippen LogP contribution in [0.5, 0.6) is 5.75 Å². The lowest BCUT2D eigenvalue weighted by Gasteiger charge is -2.07. The van der Waals surface area contributed by atoms with E-state index in [0.29, 0.717) is 39.6 Å². The Hall–Kier alpha value is -0.620. The van der Waals surface area contributed by atoms with E-state index in [9.17, 15) is 0 Å². The maximum atomic E-state index is 5.54. The Labute approximate surface area is 123 Å². The topological polar surface area (TPSA) is 36.9 Å². The Morgan fingerprint density at radius 2 is 1.68 bits per heavy atom. The van der Waals surface area contributed by atoms with Crippen molar-refractivity contribution < 1.29 is 18.9 Å². The van der Waals surface area contributed by atoms with Gasteiger partial charge >= 0.3 is 0 Å². The molecule has 19 heavy (non-hydrogen) atoms. The minimum Gasteiger partial charge on any atom is -0.491 e. The van der Waals surface area contributed by atoms with Gasteiger partial charge in [0.25, 0.3) is 0 Å². The number of benzene rings is 1. The Kier molecular flexibility index (Phi) is 9.71. The third kappa shape index (κ3) is 8.99. The smallest absolute Gasteiger partial charge is 0.120 e. The summed E-state index contributed by atoms with van der Waals surface area (Å²) in [6, 6.07) is 7.77. The fraction of sp³-hybridized carbons (Fsp3) is 0.571. The molecule has 0 atom stereocenters. The zero-order valence-corrected chi connectivity index (χ0v) is 12.9. The highest BCUT2D eigenvalue weighted by Crippen LogP contribution is 2.17. The van der Waals surface area contributed by atoms with Crippen molar-refractivity contribution in [2.45, 2.75) is 6.42 Å². The molecule has 0 heterocycles. The minimum atomic E-state index is 0.557. The second kappa shape index (κ2) is 11.2. The lowest BCUT2D eigenvalue weighted by molar-refractivity contribution is 0.0459. The monoisotopic (exact) mass is 332 g/mol. The van der Waals surface area contributed by atoms with Gasteiger partial charge in [-0.25, -0.2) is 0 Å². The van der Waals surface area contributed by atoms with Crippen LogP contribution in [-0.4, -0.2) is 46.8 Å². The maximum Gasteiger partial charge on any atom is 0.120 e. The zero-order chi connectivity index (χ0) is 13.8. The summed E-state index contributed by atoms with van der Waals surface area (Å²) in [4.78, 5) is 0. The lowest BCUT2D eigenvalue weighted by Crippen LogP contribution is -2.09. The standard InChI is InChI=1S/C14H21BrO4/c1-16-8-9-17-6-3-7-18-10-11-19-14-5-2-4-13(15)12-14/h2,4-5,12H,3,6-11H2,1H3. The zero-order valence-electron chi connectivity index (χ0n) is 11.3. The Morgan fingerprint density at radius 3 is 2.37 bits per heavy atom. The summed E-state index contributed by atoms with van der Waals surface area (Å²) in [5, 5.41) is 0. The van der Waals surface area contributed by atoms with Gasteiger partial charge in [-0.05, 0) is 24.6 Å². The van der Waals surface area contributed by atoms with Gasteiger partial charge in [0, 0.05) is 24.8 Å². The Balaban J connectivity index is 1.89. The molecule has 1 rings (SSSR count). The van der Waals surface area contributed by atoms with E-state index in [2.05, 4.69) is 15.9 Å². The average molecular weight is 333 g/mol. The van der Waals surface area contributed by atoms with Gasteiger partial charge in [-0.2, -0.15) is 0 Å². The number of ether oxygens (including phenoxy) is 4. The van der Waals surface area contributed by atoms with E-state index in [1.54, 1.807) is 7.11 Å². The molecule has 4 nitrogen and oxygen atoms in total. The van der Waals surface area contributed by atoms with Crippen molar-refractivity contribution in [1.82, 2.24) is 0 Å². The summed E-state index contributed by atoms with van der Waals surface area (Å²) < 4.78 is 22.2. The fourth-order valence-electron chi connectivity index (χ4n) is 1.38. The van der Waals surface area contributed by atoms with E-state index in [4.69, 9.17) is 18.9 Å². The second-order valence-electron chi connectivity index (χ2n) is 3.88.